The first-order valence-corrected chi connectivity index (χ1v) is 47.5. The van der Waals surface area contributed by atoms with Gasteiger partial charge in [0.25, 0.3) is 0 Å². The second-order valence-electron chi connectivity index (χ2n) is 33.8. The van der Waals surface area contributed by atoms with Crippen LogP contribution < -0.4 is 15.5 Å². The van der Waals surface area contributed by atoms with Crippen molar-refractivity contribution in [2.45, 2.75) is 58.7 Å². The number of nitrogens with zero attached hydrogens (tertiary/aromatic N) is 22. The van der Waals surface area contributed by atoms with Crippen LogP contribution in [0, 0.1) is 5.92 Å². The van der Waals surface area contributed by atoms with E-state index in [4.69, 9.17) is 19.9 Å². The van der Waals surface area contributed by atoms with Crippen LogP contribution in [-0.2, 0) is 13.1 Å². The van der Waals surface area contributed by atoms with Crippen molar-refractivity contribution in [2.75, 3.05) is 45.0 Å². The van der Waals surface area contributed by atoms with Crippen molar-refractivity contribution in [3.63, 3.8) is 0 Å². The van der Waals surface area contributed by atoms with Gasteiger partial charge in [0.2, 0.25) is 0 Å². The molecule has 1 aliphatic rings. The van der Waals surface area contributed by atoms with Gasteiger partial charge in [-0.25, -0.2) is 39.9 Å². The van der Waals surface area contributed by atoms with Gasteiger partial charge < -0.3 is 40.4 Å². The molecule has 10 N–H and O–H groups in total. The van der Waals surface area contributed by atoms with Crippen LogP contribution in [0.4, 0.5) is 11.4 Å². The zero-order chi connectivity index (χ0) is 91.0. The standard InChI is InChI=1S/C28H26N8S.2C24H20N8S.C23H18N8S/c1-2-4-17(3-1)9-29-10-18-7-20(12-30-11-18)21-8-22-26(35-36-27(22)32-13-21)28-33-24-15-31-14-23(25(24)34-28)19-5-6-37-16-19;1-32(2)12-14-5-16(8-25-7-14)17-6-18-22(30-31-23(18)27-9-17)24-28-20-11-26-10-19(21(20)29-24)15-3-4-33-13-15;1-13(2)28-17-5-15(7-25-9-17)16-6-18-22(31-32-23(18)27-8-16)24-29-20-11-26-10-19(21(20)30-24)14-3-4-33-12-14;1-31(2)16-5-14(7-24-9-16)15-6-17-21(29-30-22(17)26-8-15)23-27-19-11-25-10-18(20(19)28-23)13-3-4-32-12-13/h5-8,11-17,29H,1-4,9-10H2,(H,33,34)(H,32,35,36);3-11,13H,12H2,1-2H3,(H,28,29)(H,27,30,31);3-13,28H,1-2H3,(H,29,30)(H,27,31,32);3-12H,1-2H3,(H,27,28)(H,26,29,30). The molecule has 25 rings (SSSR count). The van der Waals surface area contributed by atoms with Gasteiger partial charge in [-0.05, 0) is 202 Å². The van der Waals surface area contributed by atoms with Crippen molar-refractivity contribution in [3.8, 4) is 135 Å². The average molecular weight is 1850 g/mol. The highest BCUT2D eigenvalue weighted by atomic mass is 32.1. The SMILES string of the molecule is CC(C)Nc1cncc(-c2cnc3n[nH]c(-c4nc5c(-c6ccsc6)cncc5[nH]4)c3c2)c1.CN(C)Cc1cncc(-c2cnc3n[nH]c(-c4nc5c(-c6ccsc6)cncc5[nH]4)c3c2)c1.CN(C)c1cncc(-c2cnc3n[nH]c(-c4nc5c(-c6ccsc6)cncc5[nH]4)c3c2)c1.c1cc(-c2cncc3[nH]c(-c4[nH]nc5ncc(-c6cncc(CNCC7CCCC7)c6)cc45)nc23)cs1. The maximum atomic E-state index is 4.93. The van der Waals surface area contributed by atoms with E-state index < -0.39 is 0 Å². The molecule has 36 heteroatoms. The lowest BCUT2D eigenvalue weighted by Gasteiger charge is -2.12. The summed E-state index contributed by atoms with van der Waals surface area (Å²) < 4.78 is 0. The molecule has 0 aliphatic heterocycles. The molecular formula is C99H84N32S4. The number of imidazole rings is 4. The molecule has 1 aliphatic carbocycles. The van der Waals surface area contributed by atoms with E-state index in [0.717, 1.165) is 220 Å². The number of pyridine rings is 12. The second-order valence-corrected chi connectivity index (χ2v) is 36.9. The highest BCUT2D eigenvalue weighted by Gasteiger charge is 2.25. The van der Waals surface area contributed by atoms with E-state index >= 15 is 0 Å². The number of rotatable bonds is 21. The summed E-state index contributed by atoms with van der Waals surface area (Å²) in [6.45, 7) is 6.93. The summed E-state index contributed by atoms with van der Waals surface area (Å²) in [6, 6.07) is 25.5. The van der Waals surface area contributed by atoms with Crippen LogP contribution in [0.5, 0.6) is 0 Å². The summed E-state index contributed by atoms with van der Waals surface area (Å²) >= 11 is 6.62. The fraction of sp³-hybridized carbons (Fsp3) is 0.152. The minimum atomic E-state index is 0.324. The second kappa shape index (κ2) is 36.9. The molecule has 664 valence electrons. The fourth-order valence-electron chi connectivity index (χ4n) is 17.0. The van der Waals surface area contributed by atoms with Crippen LogP contribution in [0.2, 0.25) is 0 Å². The number of anilines is 2. The Hall–Kier alpha value is -16.1. The van der Waals surface area contributed by atoms with Crippen LogP contribution in [0.1, 0.15) is 50.7 Å². The van der Waals surface area contributed by atoms with Gasteiger partial charge >= 0.3 is 0 Å². The van der Waals surface area contributed by atoms with E-state index in [0.29, 0.717) is 51.9 Å². The van der Waals surface area contributed by atoms with E-state index in [9.17, 15) is 0 Å². The van der Waals surface area contributed by atoms with E-state index in [1.54, 1.807) is 63.9 Å². The van der Waals surface area contributed by atoms with Gasteiger partial charge in [-0.2, -0.15) is 65.7 Å². The van der Waals surface area contributed by atoms with Gasteiger partial charge in [-0.15, -0.1) is 0 Å². The molecule has 24 aromatic heterocycles. The number of aromatic amines is 8. The lowest BCUT2D eigenvalue weighted by atomic mass is 10.1. The Morgan fingerprint density at radius 1 is 0.356 bits per heavy atom. The topological polar surface area (TPSA) is 415 Å². The number of nitrogens with one attached hydrogen (secondary N) is 10. The van der Waals surface area contributed by atoms with Crippen molar-refractivity contribution in [3.05, 3.63) is 251 Å². The Morgan fingerprint density at radius 3 is 1.04 bits per heavy atom. The number of thiophene rings is 4. The van der Waals surface area contributed by atoms with Gasteiger partial charge in [-0.1, -0.05) is 12.8 Å². The first-order chi connectivity index (χ1) is 66.3. The first kappa shape index (κ1) is 84.4. The third-order valence-corrected chi connectivity index (χ3v) is 26.3. The normalized spacial score (nSPS) is 12.3. The zero-order valence-corrected chi connectivity index (χ0v) is 76.9. The van der Waals surface area contributed by atoms with Crippen molar-refractivity contribution >= 4 is 145 Å². The molecule has 0 radical (unpaired) electrons. The molecule has 0 amide bonds. The van der Waals surface area contributed by atoms with E-state index in [1.165, 1.54) is 31.2 Å². The number of hydrogen-bond acceptors (Lipinski definition) is 28. The molecule has 24 aromatic rings. The lowest BCUT2D eigenvalue weighted by Crippen LogP contribution is -2.20. The average Bonchev–Trinajstić information content (AvgIpc) is 1.62. The smallest absolute Gasteiger partial charge is 0.181 e. The molecule has 0 atom stereocenters. The maximum absolute atomic E-state index is 4.93. The molecule has 0 bridgehead atoms. The Kier molecular flexibility index (Phi) is 23.1. The molecule has 0 saturated heterocycles. The molecule has 0 spiro atoms. The highest BCUT2D eigenvalue weighted by Crippen LogP contribution is 2.41. The predicted molar refractivity (Wildman–Crippen MR) is 537 cm³/mol. The minimum absolute atomic E-state index is 0.324. The number of fused-ring (bicyclic) bond motifs is 8. The van der Waals surface area contributed by atoms with Gasteiger partial charge in [0.1, 0.15) is 44.8 Å². The minimum Gasteiger partial charge on any atom is -0.382 e. The number of H-pyrrole nitrogens is 8. The number of hydrogen-bond donors (Lipinski definition) is 10. The highest BCUT2D eigenvalue weighted by molar-refractivity contribution is 7.09. The van der Waals surface area contributed by atoms with Crippen LogP contribution in [0.3, 0.4) is 0 Å². The van der Waals surface area contributed by atoms with E-state index in [-0.39, 0.29) is 0 Å². The van der Waals surface area contributed by atoms with Crippen molar-refractivity contribution in [2.24, 2.45) is 5.92 Å². The molecular weight excluding hydrogens is 1770 g/mol. The summed E-state index contributed by atoms with van der Waals surface area (Å²) in [4.78, 5) is 91.0. The Labute approximate surface area is 785 Å². The van der Waals surface area contributed by atoms with E-state index in [2.05, 4.69) is 266 Å². The fourth-order valence-corrected chi connectivity index (χ4v) is 19.6. The predicted octanol–water partition coefficient (Wildman–Crippen LogP) is 21.0. The summed E-state index contributed by atoms with van der Waals surface area (Å²) in [5, 5.41) is 57.3. The largest absolute Gasteiger partial charge is 0.382 e. The zero-order valence-electron chi connectivity index (χ0n) is 73.7. The van der Waals surface area contributed by atoms with Crippen LogP contribution in [0.25, 0.3) is 223 Å². The van der Waals surface area contributed by atoms with Crippen molar-refractivity contribution in [1.82, 2.24) is 151 Å². The number of aromatic nitrogens is 28. The maximum Gasteiger partial charge on any atom is 0.181 e. The van der Waals surface area contributed by atoms with Crippen molar-refractivity contribution in [1.29, 1.82) is 0 Å². The van der Waals surface area contributed by atoms with Crippen molar-refractivity contribution < 1.29 is 0 Å². The van der Waals surface area contributed by atoms with Gasteiger partial charge in [0.05, 0.1) is 86.0 Å². The summed E-state index contributed by atoms with van der Waals surface area (Å²) in [5.74, 6) is 3.63. The van der Waals surface area contributed by atoms with Crippen LogP contribution in [0.15, 0.2) is 240 Å². The van der Waals surface area contributed by atoms with Crippen LogP contribution >= 0.6 is 45.3 Å². The first-order valence-electron chi connectivity index (χ1n) is 43.7. The molecule has 0 unspecified atom stereocenters. The summed E-state index contributed by atoms with van der Waals surface area (Å²) in [7, 11) is 8.09. The Morgan fingerprint density at radius 2 is 0.689 bits per heavy atom. The van der Waals surface area contributed by atoms with Gasteiger partial charge in [0.15, 0.2) is 45.9 Å². The molecule has 1 saturated carbocycles. The third kappa shape index (κ3) is 17.5. The monoisotopic (exact) mass is 1850 g/mol. The third-order valence-electron chi connectivity index (χ3n) is 23.6. The summed E-state index contributed by atoms with van der Waals surface area (Å²) in [5.41, 5.74) is 33.5. The lowest BCUT2D eigenvalue weighted by molar-refractivity contribution is 0.402. The van der Waals surface area contributed by atoms with Gasteiger partial charge in [-0.3, -0.25) is 60.3 Å². The molecule has 0 aromatic carbocycles. The molecule has 1 fully saturated rings. The van der Waals surface area contributed by atoms with Gasteiger partial charge in [0, 0.05) is 193 Å². The molecule has 32 nitrogen and oxygen atoms in total. The quantitative estimate of drug-likeness (QED) is 0.0319. The molecule has 135 heavy (non-hydrogen) atoms. The summed E-state index contributed by atoms with van der Waals surface area (Å²) in [6.07, 6.45) is 42.3. The van der Waals surface area contributed by atoms with Crippen LogP contribution in [-0.4, -0.2) is 186 Å². The Balaban J connectivity index is 0.000000105. The van der Waals surface area contributed by atoms with E-state index in [1.807, 2.05) is 138 Å². The Bertz CT molecular complexity index is 8100. The molecule has 24 heterocycles.